The van der Waals surface area contributed by atoms with Crippen LogP contribution in [0.1, 0.15) is 45.2 Å². The molecule has 0 aromatic carbocycles. The Labute approximate surface area is 173 Å². The van der Waals surface area contributed by atoms with Gasteiger partial charge in [-0.15, -0.1) is 0 Å². The van der Waals surface area contributed by atoms with E-state index in [9.17, 15) is 24.7 Å². The summed E-state index contributed by atoms with van der Waals surface area (Å²) >= 11 is 0. The number of nitrogens with one attached hydrogen (secondary N) is 3. The van der Waals surface area contributed by atoms with Crippen LogP contribution in [0.15, 0.2) is 26.9 Å². The number of hydrogen-bond acceptors (Lipinski definition) is 11. The van der Waals surface area contributed by atoms with Gasteiger partial charge in [-0.05, 0) is 40.7 Å². The van der Waals surface area contributed by atoms with Crippen LogP contribution >= 0.6 is 0 Å². The van der Waals surface area contributed by atoms with E-state index in [0.717, 1.165) is 6.07 Å². The predicted octanol–water partition coefficient (Wildman–Crippen LogP) is 1.88. The molecule has 0 saturated carbocycles. The largest absolute Gasteiger partial charge is 0.433 e. The van der Waals surface area contributed by atoms with Crippen molar-refractivity contribution in [2.45, 2.75) is 57.8 Å². The van der Waals surface area contributed by atoms with Gasteiger partial charge in [0.05, 0.1) is 18.2 Å². The first kappa shape index (κ1) is 25.3. The van der Waals surface area contributed by atoms with Gasteiger partial charge in [0.25, 0.3) is 5.91 Å². The zero-order valence-electron chi connectivity index (χ0n) is 17.6. The summed E-state index contributed by atoms with van der Waals surface area (Å²) in [6, 6.07) is 0.892. The SMILES string of the molecule is CC(N=O)C(C)(C)NCCONC(C)(C)C(CNC(=O)c1ccc([N+](=O)[O-])o1)N=O. The minimum absolute atomic E-state index is 0.145. The van der Waals surface area contributed by atoms with Gasteiger partial charge in [0.2, 0.25) is 0 Å². The van der Waals surface area contributed by atoms with Crippen LogP contribution in [0.4, 0.5) is 5.88 Å². The Hall–Kier alpha value is -2.77. The van der Waals surface area contributed by atoms with E-state index in [1.165, 1.54) is 6.07 Å². The zero-order valence-corrected chi connectivity index (χ0v) is 17.6. The molecule has 0 aliphatic carbocycles. The second-order valence-corrected chi connectivity index (χ2v) is 7.83. The molecule has 1 rings (SSSR count). The molecular weight excluding hydrogens is 400 g/mol. The average molecular weight is 428 g/mol. The van der Waals surface area contributed by atoms with E-state index in [-0.39, 0.29) is 18.9 Å². The van der Waals surface area contributed by atoms with E-state index in [2.05, 4.69) is 26.5 Å². The first-order chi connectivity index (χ1) is 13.9. The number of hydrogen-bond donors (Lipinski definition) is 3. The van der Waals surface area contributed by atoms with Gasteiger partial charge in [-0.3, -0.25) is 19.7 Å². The van der Waals surface area contributed by atoms with Crippen LogP contribution in [0.25, 0.3) is 0 Å². The molecule has 0 aliphatic rings. The average Bonchev–Trinajstić information content (AvgIpc) is 3.17. The monoisotopic (exact) mass is 428 g/mol. The molecule has 0 spiro atoms. The molecule has 2 atom stereocenters. The molecule has 1 aromatic heterocycles. The van der Waals surface area contributed by atoms with Crippen molar-refractivity contribution >= 4 is 11.8 Å². The number of carbonyl (C=O) groups excluding carboxylic acids is 1. The Morgan fingerprint density at radius 3 is 2.43 bits per heavy atom. The summed E-state index contributed by atoms with van der Waals surface area (Å²) < 4.78 is 4.81. The first-order valence-electron chi connectivity index (χ1n) is 9.26. The van der Waals surface area contributed by atoms with E-state index in [0.29, 0.717) is 6.54 Å². The van der Waals surface area contributed by atoms with E-state index in [1.54, 1.807) is 20.8 Å². The number of carbonyl (C=O) groups is 1. The topological polar surface area (TPSA) is 178 Å². The summed E-state index contributed by atoms with van der Waals surface area (Å²) in [6.45, 7) is 9.23. The molecule has 30 heavy (non-hydrogen) atoms. The molecule has 0 bridgehead atoms. The van der Waals surface area contributed by atoms with Crippen molar-refractivity contribution in [1.29, 1.82) is 0 Å². The maximum Gasteiger partial charge on any atom is 0.433 e. The third kappa shape index (κ3) is 7.24. The number of nitrogens with zero attached hydrogens (tertiary/aromatic N) is 3. The Kier molecular flexibility index (Phi) is 9.14. The standard InChI is InChI=1S/C17H28N6O7/c1-11(20-25)16(2,3)19-8-9-29-22-17(4,5)13(21-26)10-18-15(24)12-6-7-14(30-12)23(27)28/h6-7,11,13,19,22H,8-10H2,1-5H3,(H,18,24). The fourth-order valence-corrected chi connectivity index (χ4v) is 2.26. The van der Waals surface area contributed by atoms with Gasteiger partial charge in [0.15, 0.2) is 5.76 Å². The van der Waals surface area contributed by atoms with Crippen molar-refractivity contribution in [3.8, 4) is 0 Å². The van der Waals surface area contributed by atoms with Crippen molar-refractivity contribution in [1.82, 2.24) is 16.1 Å². The Balaban J connectivity index is 2.48. The van der Waals surface area contributed by atoms with Crippen molar-refractivity contribution < 1.29 is 19.0 Å². The van der Waals surface area contributed by atoms with Crippen molar-refractivity contribution in [2.75, 3.05) is 19.7 Å². The van der Waals surface area contributed by atoms with E-state index < -0.39 is 39.9 Å². The van der Waals surface area contributed by atoms with Gasteiger partial charge in [-0.2, -0.15) is 15.3 Å². The smallest absolute Gasteiger partial charge is 0.395 e. The fraction of sp³-hybridized carbons (Fsp3) is 0.706. The number of amides is 1. The van der Waals surface area contributed by atoms with Gasteiger partial charge in [-0.1, -0.05) is 10.4 Å². The van der Waals surface area contributed by atoms with Gasteiger partial charge < -0.3 is 15.1 Å². The number of nitroso groups, excluding NO2 is 2. The normalized spacial score (nSPS) is 14.0. The zero-order chi connectivity index (χ0) is 22.9. The summed E-state index contributed by atoms with van der Waals surface area (Å²) in [6.07, 6.45) is 0. The molecule has 3 N–H and O–H groups in total. The van der Waals surface area contributed by atoms with Crippen LogP contribution in [-0.4, -0.2) is 53.7 Å². The Bertz CT molecular complexity index is 749. The fourth-order valence-electron chi connectivity index (χ4n) is 2.26. The lowest BCUT2D eigenvalue weighted by Crippen LogP contribution is -2.54. The molecule has 168 valence electrons. The molecule has 0 radical (unpaired) electrons. The van der Waals surface area contributed by atoms with Crippen LogP contribution in [0.2, 0.25) is 0 Å². The van der Waals surface area contributed by atoms with Crippen molar-refractivity contribution in [2.24, 2.45) is 10.4 Å². The van der Waals surface area contributed by atoms with E-state index in [1.807, 2.05) is 13.8 Å². The van der Waals surface area contributed by atoms with Crippen LogP contribution in [0, 0.1) is 19.9 Å². The number of furan rings is 1. The highest BCUT2D eigenvalue weighted by Crippen LogP contribution is 2.16. The van der Waals surface area contributed by atoms with E-state index in [4.69, 9.17) is 9.25 Å². The lowest BCUT2D eigenvalue weighted by Gasteiger charge is -2.31. The molecule has 0 saturated heterocycles. The van der Waals surface area contributed by atoms with Crippen LogP contribution < -0.4 is 16.1 Å². The number of hydroxylamine groups is 1. The van der Waals surface area contributed by atoms with Gasteiger partial charge in [0, 0.05) is 18.6 Å². The predicted molar refractivity (Wildman–Crippen MR) is 108 cm³/mol. The number of nitro groups is 1. The number of rotatable bonds is 14. The quantitative estimate of drug-likeness (QED) is 0.173. The molecule has 0 fully saturated rings. The molecule has 1 heterocycles. The van der Waals surface area contributed by atoms with Crippen LogP contribution in [0.3, 0.4) is 0 Å². The highest BCUT2D eigenvalue weighted by molar-refractivity contribution is 5.91. The van der Waals surface area contributed by atoms with Crippen molar-refractivity contribution in [3.05, 3.63) is 37.8 Å². The molecule has 13 heteroatoms. The molecule has 0 aliphatic heterocycles. The summed E-state index contributed by atoms with van der Waals surface area (Å²) in [4.78, 5) is 49.2. The highest BCUT2D eigenvalue weighted by Gasteiger charge is 2.32. The lowest BCUT2D eigenvalue weighted by atomic mass is 9.96. The second-order valence-electron chi connectivity index (χ2n) is 7.83. The molecular formula is C17H28N6O7. The summed E-state index contributed by atoms with van der Waals surface area (Å²) in [5.41, 5.74) is 1.30. The minimum Gasteiger partial charge on any atom is -0.395 e. The Morgan fingerprint density at radius 1 is 1.23 bits per heavy atom. The first-order valence-corrected chi connectivity index (χ1v) is 9.26. The lowest BCUT2D eigenvalue weighted by molar-refractivity contribution is -0.402. The van der Waals surface area contributed by atoms with Gasteiger partial charge in [0.1, 0.15) is 17.0 Å². The second kappa shape index (κ2) is 10.8. The third-order valence-corrected chi connectivity index (χ3v) is 4.73. The minimum atomic E-state index is -0.933. The van der Waals surface area contributed by atoms with Crippen LogP contribution in [0.5, 0.6) is 0 Å². The molecule has 13 nitrogen and oxygen atoms in total. The van der Waals surface area contributed by atoms with Crippen LogP contribution in [-0.2, 0) is 4.84 Å². The highest BCUT2D eigenvalue weighted by atomic mass is 16.7. The third-order valence-electron chi connectivity index (χ3n) is 4.73. The van der Waals surface area contributed by atoms with Gasteiger partial charge in [-0.25, -0.2) is 0 Å². The molecule has 1 aromatic rings. The molecule has 1 amide bonds. The van der Waals surface area contributed by atoms with Gasteiger partial charge >= 0.3 is 5.88 Å². The van der Waals surface area contributed by atoms with Crippen molar-refractivity contribution in [3.63, 3.8) is 0 Å². The summed E-state index contributed by atoms with van der Waals surface area (Å²) in [7, 11) is 0. The molecule has 2 unspecified atom stereocenters. The maximum absolute atomic E-state index is 12.0. The maximum atomic E-state index is 12.0. The summed E-state index contributed by atoms with van der Waals surface area (Å²) in [5, 5.41) is 22.2. The summed E-state index contributed by atoms with van der Waals surface area (Å²) in [5.74, 6) is -1.52. The van der Waals surface area contributed by atoms with E-state index >= 15 is 0 Å². The Morgan fingerprint density at radius 2 is 1.90 bits per heavy atom.